The van der Waals surface area contributed by atoms with Gasteiger partial charge in [0.05, 0.1) is 23.7 Å². The van der Waals surface area contributed by atoms with Gasteiger partial charge in [0.2, 0.25) is 23.6 Å². The second-order valence-electron chi connectivity index (χ2n) is 9.23. The van der Waals surface area contributed by atoms with E-state index in [1.54, 1.807) is 7.05 Å². The molecule has 2 saturated heterocycles. The summed E-state index contributed by atoms with van der Waals surface area (Å²) in [5, 5.41) is 0. The molecule has 3 saturated carbocycles. The minimum Gasteiger partial charge on any atom is -0.285 e. The Hall–Kier alpha value is -1.98. The number of hydrogen-bond donors (Lipinski definition) is 0. The Morgan fingerprint density at radius 1 is 0.808 bits per heavy atom. The number of allylic oxidation sites excluding steroid dienone is 2. The second-order valence-corrected chi connectivity index (χ2v) is 9.23. The van der Waals surface area contributed by atoms with Gasteiger partial charge in [0, 0.05) is 13.6 Å². The molecule has 0 aromatic heterocycles. The van der Waals surface area contributed by atoms with Gasteiger partial charge in [-0.1, -0.05) is 12.2 Å². The largest absolute Gasteiger partial charge is 0.285 e. The summed E-state index contributed by atoms with van der Waals surface area (Å²) < 4.78 is 0. The number of rotatable bonds is 2. The van der Waals surface area contributed by atoms with Crippen LogP contribution in [0.3, 0.4) is 0 Å². The van der Waals surface area contributed by atoms with Crippen molar-refractivity contribution in [1.29, 1.82) is 0 Å². The summed E-state index contributed by atoms with van der Waals surface area (Å²) in [4.78, 5) is 53.5. The fraction of sp³-hybridized carbons (Fsp3) is 0.700. The van der Waals surface area contributed by atoms with Crippen molar-refractivity contribution in [2.24, 2.45) is 53.3 Å². The van der Waals surface area contributed by atoms with E-state index in [9.17, 15) is 19.2 Å². The Labute approximate surface area is 151 Å². The summed E-state index contributed by atoms with van der Waals surface area (Å²) >= 11 is 0. The third-order valence-electron chi connectivity index (χ3n) is 8.35. The van der Waals surface area contributed by atoms with Crippen LogP contribution in [0.4, 0.5) is 0 Å². The Bertz CT molecular complexity index is 774. The lowest BCUT2D eigenvalue weighted by atomic mass is 9.75. The fourth-order valence-corrected chi connectivity index (χ4v) is 7.33. The smallest absolute Gasteiger partial charge is 0.233 e. The van der Waals surface area contributed by atoms with Gasteiger partial charge >= 0.3 is 0 Å². The first-order chi connectivity index (χ1) is 12.5. The van der Waals surface area contributed by atoms with Gasteiger partial charge in [-0.3, -0.25) is 29.0 Å². The molecule has 6 heteroatoms. The molecule has 4 aliphatic carbocycles. The third-order valence-corrected chi connectivity index (χ3v) is 8.35. The SMILES string of the molecule is CN1C(=O)C2C3CC(CN4C(=O)C5C6C=CC(C6)C5C4=O)C(C3)C2C1=O. The summed E-state index contributed by atoms with van der Waals surface area (Å²) in [7, 11) is 1.58. The van der Waals surface area contributed by atoms with Crippen LogP contribution in [0.15, 0.2) is 12.2 Å². The zero-order valence-electron chi connectivity index (χ0n) is 14.7. The van der Waals surface area contributed by atoms with Crippen LogP contribution in [0.1, 0.15) is 19.3 Å². The molecule has 0 aromatic carbocycles. The van der Waals surface area contributed by atoms with Crippen LogP contribution >= 0.6 is 0 Å². The van der Waals surface area contributed by atoms with E-state index in [0.717, 1.165) is 19.3 Å². The highest BCUT2D eigenvalue weighted by Crippen LogP contribution is 2.59. The van der Waals surface area contributed by atoms with E-state index in [2.05, 4.69) is 12.2 Å². The van der Waals surface area contributed by atoms with Crippen molar-refractivity contribution in [3.05, 3.63) is 12.2 Å². The molecule has 6 nitrogen and oxygen atoms in total. The molecule has 26 heavy (non-hydrogen) atoms. The van der Waals surface area contributed by atoms with Crippen LogP contribution in [-0.4, -0.2) is 47.0 Å². The minimum absolute atomic E-state index is 0.00196. The van der Waals surface area contributed by atoms with E-state index in [1.165, 1.54) is 9.80 Å². The Morgan fingerprint density at radius 2 is 1.42 bits per heavy atom. The molecule has 9 unspecified atom stereocenters. The first-order valence-corrected chi connectivity index (χ1v) is 9.82. The highest BCUT2D eigenvalue weighted by atomic mass is 16.2. The summed E-state index contributed by atoms with van der Waals surface area (Å²) in [5.74, 6) is 0.257. The molecule has 0 spiro atoms. The maximum Gasteiger partial charge on any atom is 0.233 e. The Morgan fingerprint density at radius 3 is 2.08 bits per heavy atom. The summed E-state index contributed by atoms with van der Waals surface area (Å²) in [6.45, 7) is 0.444. The molecule has 2 aliphatic heterocycles. The van der Waals surface area contributed by atoms with Crippen molar-refractivity contribution >= 4 is 23.6 Å². The predicted molar refractivity (Wildman–Crippen MR) is 88.9 cm³/mol. The lowest BCUT2D eigenvalue weighted by Crippen LogP contribution is -2.41. The molecule has 6 rings (SSSR count). The zero-order chi connectivity index (χ0) is 17.9. The maximum atomic E-state index is 12.9. The number of hydrogen-bond acceptors (Lipinski definition) is 4. The van der Waals surface area contributed by atoms with Crippen molar-refractivity contribution in [2.75, 3.05) is 13.6 Å². The molecule has 4 amide bonds. The molecule has 0 N–H and O–H groups in total. The minimum atomic E-state index is -0.221. The molecule has 5 fully saturated rings. The monoisotopic (exact) mass is 354 g/mol. The third kappa shape index (κ3) is 1.56. The topological polar surface area (TPSA) is 74.8 Å². The number of carbonyl (C=O) groups excluding carboxylic acids is 4. The van der Waals surface area contributed by atoms with Gasteiger partial charge in [0.25, 0.3) is 0 Å². The van der Waals surface area contributed by atoms with Crippen molar-refractivity contribution < 1.29 is 19.2 Å². The number of likely N-dealkylation sites (tertiary alicyclic amines) is 2. The van der Waals surface area contributed by atoms with Gasteiger partial charge in [0.15, 0.2) is 0 Å². The fourth-order valence-electron chi connectivity index (χ4n) is 7.33. The standard InChI is InChI=1S/C20H22N2O4/c1-21-17(23)15-10-5-11(12(6-10)16(15)18(21)24)7-22-19(25)13-8-2-3-9(4-8)14(13)20(22)26/h2-3,8-16H,4-7H2,1H3. The van der Waals surface area contributed by atoms with Crippen LogP contribution in [0.5, 0.6) is 0 Å². The molecule has 9 atom stereocenters. The van der Waals surface area contributed by atoms with Crippen molar-refractivity contribution in [1.82, 2.24) is 9.80 Å². The molecule has 0 aromatic rings. The van der Waals surface area contributed by atoms with E-state index in [1.807, 2.05) is 0 Å². The lowest BCUT2D eigenvalue weighted by Gasteiger charge is -2.31. The summed E-state index contributed by atoms with van der Waals surface area (Å²) in [5.41, 5.74) is 0. The van der Waals surface area contributed by atoms with Crippen molar-refractivity contribution in [3.8, 4) is 0 Å². The van der Waals surface area contributed by atoms with Gasteiger partial charge in [-0.25, -0.2) is 0 Å². The average molecular weight is 354 g/mol. The molecule has 4 bridgehead atoms. The van der Waals surface area contributed by atoms with Crippen LogP contribution < -0.4 is 0 Å². The summed E-state index contributed by atoms with van der Waals surface area (Å²) in [6, 6.07) is 0. The van der Waals surface area contributed by atoms with Gasteiger partial charge in [-0.2, -0.15) is 0 Å². The van der Waals surface area contributed by atoms with Crippen LogP contribution in [0.25, 0.3) is 0 Å². The number of carbonyl (C=O) groups is 4. The van der Waals surface area contributed by atoms with Gasteiger partial charge in [0.1, 0.15) is 0 Å². The second kappa shape index (κ2) is 4.65. The summed E-state index contributed by atoms with van der Waals surface area (Å²) in [6.07, 6.45) is 6.92. The van der Waals surface area contributed by atoms with Crippen molar-refractivity contribution in [2.45, 2.75) is 19.3 Å². The molecular weight excluding hydrogens is 332 g/mol. The quantitative estimate of drug-likeness (QED) is 0.540. The molecule has 2 heterocycles. The van der Waals surface area contributed by atoms with Gasteiger partial charge < -0.3 is 0 Å². The molecule has 136 valence electrons. The lowest BCUT2D eigenvalue weighted by molar-refractivity contribution is -0.142. The zero-order valence-corrected chi connectivity index (χ0v) is 14.7. The van der Waals surface area contributed by atoms with E-state index in [4.69, 9.17) is 0 Å². The molecule has 0 radical (unpaired) electrons. The highest BCUT2D eigenvalue weighted by Gasteiger charge is 2.64. The maximum absolute atomic E-state index is 12.9. The van der Waals surface area contributed by atoms with Gasteiger partial charge in [-0.15, -0.1) is 0 Å². The number of nitrogens with zero attached hydrogens (tertiary/aromatic N) is 2. The Kier molecular flexibility index (Phi) is 2.70. The average Bonchev–Trinajstić information content (AvgIpc) is 3.43. The predicted octanol–water partition coefficient (Wildman–Crippen LogP) is 0.681. The van der Waals surface area contributed by atoms with Crippen LogP contribution in [0.2, 0.25) is 0 Å². The van der Waals surface area contributed by atoms with Crippen LogP contribution in [-0.2, 0) is 19.2 Å². The normalized spacial score (nSPS) is 50.6. The molecule has 6 aliphatic rings. The number of fused-ring (bicyclic) bond motifs is 10. The number of imide groups is 2. The van der Waals surface area contributed by atoms with Crippen molar-refractivity contribution in [3.63, 3.8) is 0 Å². The Balaban J connectivity index is 1.24. The van der Waals surface area contributed by atoms with E-state index < -0.39 is 0 Å². The van der Waals surface area contributed by atoms with E-state index in [0.29, 0.717) is 6.54 Å². The van der Waals surface area contributed by atoms with E-state index >= 15 is 0 Å². The molecular formula is C20H22N2O4. The van der Waals surface area contributed by atoms with Gasteiger partial charge in [-0.05, 0) is 48.9 Å². The first kappa shape index (κ1) is 15.1. The van der Waals surface area contributed by atoms with E-state index in [-0.39, 0.29) is 76.9 Å². The van der Waals surface area contributed by atoms with Crippen LogP contribution in [0, 0.1) is 53.3 Å². The first-order valence-electron chi connectivity index (χ1n) is 9.82. The number of amides is 4. The highest BCUT2D eigenvalue weighted by molar-refractivity contribution is 6.07.